The van der Waals surface area contributed by atoms with Crippen LogP contribution in [0, 0.1) is 11.3 Å². The molecule has 2 atom stereocenters. The maximum absolute atomic E-state index is 14.2. The molecule has 0 fully saturated rings. The SMILES string of the molecule is CCC1C=C(N(C)C(C)C(C)(C)C)C(F)=CN=C1N. The van der Waals surface area contributed by atoms with Crippen molar-refractivity contribution in [3.05, 3.63) is 23.8 Å². The van der Waals surface area contributed by atoms with Gasteiger partial charge in [0, 0.05) is 19.0 Å². The van der Waals surface area contributed by atoms with Crippen molar-refractivity contribution in [1.29, 1.82) is 0 Å². The molecule has 0 aromatic carbocycles. The van der Waals surface area contributed by atoms with E-state index in [2.05, 4.69) is 32.7 Å². The van der Waals surface area contributed by atoms with Gasteiger partial charge in [0.25, 0.3) is 0 Å². The summed E-state index contributed by atoms with van der Waals surface area (Å²) >= 11 is 0. The number of aliphatic imine (C=N–C) groups is 1. The van der Waals surface area contributed by atoms with Crippen molar-refractivity contribution < 1.29 is 4.39 Å². The Kier molecular flexibility index (Phi) is 4.77. The van der Waals surface area contributed by atoms with E-state index in [0.717, 1.165) is 6.42 Å². The van der Waals surface area contributed by atoms with Crippen molar-refractivity contribution >= 4 is 5.84 Å². The Hall–Kier alpha value is -1.32. The highest BCUT2D eigenvalue weighted by Gasteiger charge is 2.28. The topological polar surface area (TPSA) is 41.6 Å². The number of allylic oxidation sites excluding steroid dienone is 1. The van der Waals surface area contributed by atoms with Crippen molar-refractivity contribution in [3.63, 3.8) is 0 Å². The minimum Gasteiger partial charge on any atom is -0.387 e. The standard InChI is InChI=1S/C15H26FN3/c1-7-11-8-13(12(16)9-18-14(11)17)19(6)10(2)15(3,4)5/h8-11H,7H2,1-6H3,(H2,17,18). The summed E-state index contributed by atoms with van der Waals surface area (Å²) in [6, 6.07) is 0.203. The van der Waals surface area contributed by atoms with Gasteiger partial charge < -0.3 is 10.6 Å². The second-order valence-corrected chi connectivity index (χ2v) is 6.25. The largest absolute Gasteiger partial charge is 0.387 e. The number of hydrogen-bond donors (Lipinski definition) is 1. The Balaban J connectivity index is 3.10. The van der Waals surface area contributed by atoms with Crippen LogP contribution in [0.1, 0.15) is 41.0 Å². The van der Waals surface area contributed by atoms with Crippen molar-refractivity contribution in [1.82, 2.24) is 4.90 Å². The lowest BCUT2D eigenvalue weighted by Gasteiger charge is -2.37. The van der Waals surface area contributed by atoms with Crippen LogP contribution in [0.4, 0.5) is 4.39 Å². The molecule has 4 heteroatoms. The van der Waals surface area contributed by atoms with Crippen LogP contribution in [0.3, 0.4) is 0 Å². The fourth-order valence-corrected chi connectivity index (χ4v) is 2.05. The van der Waals surface area contributed by atoms with E-state index in [0.29, 0.717) is 11.5 Å². The number of nitrogens with two attached hydrogens (primary N) is 1. The van der Waals surface area contributed by atoms with E-state index in [1.165, 1.54) is 6.20 Å². The highest BCUT2D eigenvalue weighted by atomic mass is 19.1. The number of nitrogens with zero attached hydrogens (tertiary/aromatic N) is 2. The highest BCUT2D eigenvalue weighted by molar-refractivity contribution is 5.85. The molecule has 108 valence electrons. The normalized spacial score (nSPS) is 22.1. The molecule has 0 saturated heterocycles. The minimum atomic E-state index is -0.322. The Labute approximate surface area is 116 Å². The van der Waals surface area contributed by atoms with Gasteiger partial charge in [-0.15, -0.1) is 0 Å². The molecule has 0 spiro atoms. The van der Waals surface area contributed by atoms with E-state index in [1.54, 1.807) is 0 Å². The van der Waals surface area contributed by atoms with Crippen LogP contribution >= 0.6 is 0 Å². The summed E-state index contributed by atoms with van der Waals surface area (Å²) in [4.78, 5) is 5.96. The Morgan fingerprint density at radius 1 is 1.47 bits per heavy atom. The molecule has 0 radical (unpaired) electrons. The summed E-state index contributed by atoms with van der Waals surface area (Å²) in [6.07, 6.45) is 3.93. The van der Waals surface area contributed by atoms with Gasteiger partial charge in [-0.1, -0.05) is 27.7 Å². The minimum absolute atomic E-state index is 0.00545. The molecule has 1 rings (SSSR count). The Morgan fingerprint density at radius 2 is 2.05 bits per heavy atom. The van der Waals surface area contributed by atoms with E-state index in [-0.39, 0.29) is 23.2 Å². The second-order valence-electron chi connectivity index (χ2n) is 6.25. The molecule has 19 heavy (non-hydrogen) atoms. The lowest BCUT2D eigenvalue weighted by molar-refractivity contribution is 0.173. The van der Waals surface area contributed by atoms with Crippen LogP contribution in [0.5, 0.6) is 0 Å². The third kappa shape index (κ3) is 3.58. The summed E-state index contributed by atoms with van der Waals surface area (Å²) in [5, 5.41) is 0. The number of likely N-dealkylation sites (N-methyl/N-ethyl adjacent to an activating group) is 1. The summed E-state index contributed by atoms with van der Waals surface area (Å²) in [5.41, 5.74) is 6.50. The smallest absolute Gasteiger partial charge is 0.164 e. The van der Waals surface area contributed by atoms with Crippen LogP contribution in [-0.2, 0) is 0 Å². The van der Waals surface area contributed by atoms with Crippen LogP contribution < -0.4 is 5.73 Å². The molecule has 0 aliphatic carbocycles. The van der Waals surface area contributed by atoms with Gasteiger partial charge in [0.2, 0.25) is 0 Å². The third-order valence-electron chi connectivity index (χ3n) is 3.96. The van der Waals surface area contributed by atoms with E-state index < -0.39 is 0 Å². The second kappa shape index (κ2) is 5.76. The first kappa shape index (κ1) is 15.7. The van der Waals surface area contributed by atoms with Crippen molar-refractivity contribution in [2.75, 3.05) is 7.05 Å². The average molecular weight is 267 g/mol. The van der Waals surface area contributed by atoms with Gasteiger partial charge in [0.05, 0.1) is 11.9 Å². The van der Waals surface area contributed by atoms with Crippen molar-refractivity contribution in [2.24, 2.45) is 22.1 Å². The Bertz CT molecular complexity index is 416. The fraction of sp³-hybridized carbons (Fsp3) is 0.667. The molecule has 1 aliphatic heterocycles. The third-order valence-corrected chi connectivity index (χ3v) is 3.96. The zero-order valence-electron chi connectivity index (χ0n) is 12.9. The van der Waals surface area contributed by atoms with Crippen LogP contribution in [-0.4, -0.2) is 23.8 Å². The first-order valence-corrected chi connectivity index (χ1v) is 6.82. The number of halogens is 1. The Morgan fingerprint density at radius 3 is 2.53 bits per heavy atom. The molecule has 1 heterocycles. The zero-order chi connectivity index (χ0) is 14.8. The first-order chi connectivity index (χ1) is 8.68. The molecule has 0 aromatic rings. The van der Waals surface area contributed by atoms with Gasteiger partial charge in [-0.05, 0) is 24.8 Å². The molecule has 3 nitrogen and oxygen atoms in total. The molecule has 2 unspecified atom stereocenters. The lowest BCUT2D eigenvalue weighted by atomic mass is 9.86. The van der Waals surface area contributed by atoms with Gasteiger partial charge in [0.1, 0.15) is 5.84 Å². The molecule has 0 aromatic heterocycles. The maximum atomic E-state index is 14.2. The van der Waals surface area contributed by atoms with Gasteiger partial charge in [-0.3, -0.25) is 0 Å². The number of rotatable bonds is 3. The van der Waals surface area contributed by atoms with E-state index in [1.807, 2.05) is 24.9 Å². The maximum Gasteiger partial charge on any atom is 0.164 e. The fourth-order valence-electron chi connectivity index (χ4n) is 2.05. The van der Waals surface area contributed by atoms with E-state index >= 15 is 0 Å². The van der Waals surface area contributed by atoms with Crippen molar-refractivity contribution in [2.45, 2.75) is 47.1 Å². The van der Waals surface area contributed by atoms with Gasteiger partial charge >= 0.3 is 0 Å². The molecule has 0 bridgehead atoms. The van der Waals surface area contributed by atoms with Crippen LogP contribution in [0.15, 0.2) is 28.8 Å². The summed E-state index contributed by atoms with van der Waals surface area (Å²) < 4.78 is 14.2. The quantitative estimate of drug-likeness (QED) is 0.851. The summed E-state index contributed by atoms with van der Waals surface area (Å²) in [6.45, 7) is 10.6. The monoisotopic (exact) mass is 267 g/mol. The van der Waals surface area contributed by atoms with Crippen LogP contribution in [0.25, 0.3) is 0 Å². The molecule has 0 amide bonds. The summed E-state index contributed by atoms with van der Waals surface area (Å²) in [7, 11) is 1.92. The highest BCUT2D eigenvalue weighted by Crippen LogP contribution is 2.30. The van der Waals surface area contributed by atoms with Gasteiger partial charge in [-0.25, -0.2) is 9.38 Å². The predicted octanol–water partition coefficient (Wildman–Crippen LogP) is 3.44. The van der Waals surface area contributed by atoms with Gasteiger partial charge in [-0.2, -0.15) is 0 Å². The predicted molar refractivity (Wildman–Crippen MR) is 79.4 cm³/mol. The number of hydrogen-bond acceptors (Lipinski definition) is 3. The zero-order valence-corrected chi connectivity index (χ0v) is 12.9. The van der Waals surface area contributed by atoms with E-state index in [4.69, 9.17) is 5.73 Å². The molecule has 2 N–H and O–H groups in total. The van der Waals surface area contributed by atoms with Crippen LogP contribution in [0.2, 0.25) is 0 Å². The van der Waals surface area contributed by atoms with E-state index in [9.17, 15) is 4.39 Å². The van der Waals surface area contributed by atoms with Gasteiger partial charge in [0.15, 0.2) is 5.83 Å². The van der Waals surface area contributed by atoms with Crippen molar-refractivity contribution in [3.8, 4) is 0 Å². The molecule has 0 saturated carbocycles. The molecular formula is C15H26FN3. The molecular weight excluding hydrogens is 241 g/mol. The first-order valence-electron chi connectivity index (χ1n) is 6.82. The lowest BCUT2D eigenvalue weighted by Crippen LogP contribution is -2.39. The average Bonchev–Trinajstić information content (AvgIpc) is 2.47. The number of amidine groups is 1. The molecule has 1 aliphatic rings. The summed E-state index contributed by atoms with van der Waals surface area (Å²) in [5.74, 6) is 0.149.